The number of hydrogen-bond donors (Lipinski definition) is 0. The van der Waals surface area contributed by atoms with Crippen molar-refractivity contribution in [3.05, 3.63) is 228 Å². The van der Waals surface area contributed by atoms with Crippen molar-refractivity contribution in [1.82, 2.24) is 0 Å². The van der Waals surface area contributed by atoms with Gasteiger partial charge in [0, 0.05) is 23.0 Å². The molecule has 3 aliphatic carbocycles. The Bertz CT molecular complexity index is 2980. The van der Waals surface area contributed by atoms with E-state index < -0.39 is 5.41 Å². The molecule has 0 amide bonds. The lowest BCUT2D eigenvalue weighted by Crippen LogP contribution is -2.25. The van der Waals surface area contributed by atoms with Gasteiger partial charge in [0.1, 0.15) is 0 Å². The van der Waals surface area contributed by atoms with Crippen LogP contribution in [0.3, 0.4) is 0 Å². The predicted octanol–water partition coefficient (Wildman–Crippen LogP) is 14.8. The quantitative estimate of drug-likeness (QED) is 0.175. The third kappa shape index (κ3) is 4.74. The van der Waals surface area contributed by atoms with E-state index in [0.717, 1.165) is 47.0 Å². The van der Waals surface area contributed by atoms with Crippen LogP contribution in [0.1, 0.15) is 40.7 Å². The minimum Gasteiger partial charge on any atom is -0.449 e. The molecule has 274 valence electrons. The Balaban J connectivity index is 0.991. The average Bonchev–Trinajstić information content (AvgIpc) is 3.77. The number of benzene rings is 8. The number of rotatable bonds is 5. The normalized spacial score (nSPS) is 14.5. The van der Waals surface area contributed by atoms with Gasteiger partial charge in [0.05, 0.1) is 11.1 Å². The topological polar surface area (TPSA) is 21.7 Å². The first-order valence-electron chi connectivity index (χ1n) is 20.2. The van der Waals surface area contributed by atoms with Gasteiger partial charge in [0.25, 0.3) is 0 Å². The molecule has 12 rings (SSSR count). The average molecular weight is 744 g/mol. The Morgan fingerprint density at radius 3 is 1.78 bits per heavy atom. The summed E-state index contributed by atoms with van der Waals surface area (Å²) in [7, 11) is 0. The van der Waals surface area contributed by atoms with Crippen molar-refractivity contribution in [2.45, 2.75) is 18.3 Å². The fourth-order valence-corrected chi connectivity index (χ4v) is 9.98. The molecule has 0 N–H and O–H groups in total. The molecule has 0 radical (unpaired) electrons. The van der Waals surface area contributed by atoms with E-state index in [9.17, 15) is 0 Å². The summed E-state index contributed by atoms with van der Waals surface area (Å²) in [5.74, 6) is 2.85. The van der Waals surface area contributed by atoms with Crippen LogP contribution < -0.4 is 14.4 Å². The zero-order valence-electron chi connectivity index (χ0n) is 31.7. The maximum absolute atomic E-state index is 7.13. The smallest absolute Gasteiger partial charge is 0.178 e. The first-order chi connectivity index (χ1) is 28.8. The second-order valence-corrected chi connectivity index (χ2v) is 15.4. The Morgan fingerprint density at radius 2 is 1.03 bits per heavy atom. The number of allylic oxidation sites excluding steroid dienone is 4. The maximum Gasteiger partial charge on any atom is 0.178 e. The van der Waals surface area contributed by atoms with Crippen LogP contribution in [0.4, 0.5) is 17.1 Å². The van der Waals surface area contributed by atoms with Gasteiger partial charge >= 0.3 is 0 Å². The van der Waals surface area contributed by atoms with Crippen molar-refractivity contribution < 1.29 is 9.47 Å². The number of ether oxygens (including phenoxy) is 2. The van der Waals surface area contributed by atoms with Gasteiger partial charge in [-0.05, 0) is 117 Å². The summed E-state index contributed by atoms with van der Waals surface area (Å²) in [6.45, 7) is 0. The van der Waals surface area contributed by atoms with Crippen LogP contribution in [0.15, 0.2) is 200 Å². The lowest BCUT2D eigenvalue weighted by Gasteiger charge is -2.31. The molecule has 0 unspecified atom stereocenters. The van der Waals surface area contributed by atoms with Crippen molar-refractivity contribution in [2.75, 3.05) is 4.90 Å². The third-order valence-corrected chi connectivity index (χ3v) is 12.4. The number of fused-ring (bicyclic) bond motifs is 13. The van der Waals surface area contributed by atoms with Gasteiger partial charge in [-0.1, -0.05) is 152 Å². The van der Waals surface area contributed by atoms with E-state index in [1.54, 1.807) is 0 Å². The molecular weight excluding hydrogens is 707 g/mol. The molecule has 0 aromatic heterocycles. The summed E-state index contributed by atoms with van der Waals surface area (Å²) in [5, 5.41) is 0. The highest BCUT2D eigenvalue weighted by molar-refractivity contribution is 5.98. The Kier molecular flexibility index (Phi) is 7.27. The van der Waals surface area contributed by atoms with Gasteiger partial charge in [-0.3, -0.25) is 0 Å². The third-order valence-electron chi connectivity index (χ3n) is 12.4. The minimum absolute atomic E-state index is 0.461. The zero-order chi connectivity index (χ0) is 38.2. The molecule has 8 aromatic carbocycles. The van der Waals surface area contributed by atoms with E-state index in [2.05, 4.69) is 199 Å². The molecular formula is C55H37NO2. The van der Waals surface area contributed by atoms with Crippen molar-refractivity contribution in [2.24, 2.45) is 0 Å². The fourth-order valence-electron chi connectivity index (χ4n) is 9.98. The molecule has 0 atom stereocenters. The molecule has 1 heterocycles. The summed E-state index contributed by atoms with van der Waals surface area (Å²) in [6.07, 6.45) is 9.04. The second-order valence-electron chi connectivity index (χ2n) is 15.4. The van der Waals surface area contributed by atoms with E-state index in [1.165, 1.54) is 61.2 Å². The Hall–Kier alpha value is -7.36. The molecule has 3 nitrogen and oxygen atoms in total. The number of nitrogens with zero attached hydrogens (tertiary/aromatic N) is 1. The molecule has 0 bridgehead atoms. The summed E-state index contributed by atoms with van der Waals surface area (Å²) in [5.41, 5.74) is 17.4. The second kappa shape index (κ2) is 12.8. The summed E-state index contributed by atoms with van der Waals surface area (Å²) in [4.78, 5) is 2.30. The van der Waals surface area contributed by atoms with Crippen LogP contribution in [-0.4, -0.2) is 0 Å². The lowest BCUT2D eigenvalue weighted by molar-refractivity contribution is 0.360. The highest BCUT2D eigenvalue weighted by Gasteiger charge is 2.53. The lowest BCUT2D eigenvalue weighted by atomic mass is 9.70. The van der Waals surface area contributed by atoms with E-state index in [0.29, 0.717) is 11.5 Å². The van der Waals surface area contributed by atoms with E-state index >= 15 is 0 Å². The predicted molar refractivity (Wildman–Crippen MR) is 236 cm³/mol. The number of hydrogen-bond acceptors (Lipinski definition) is 3. The number of anilines is 3. The zero-order valence-corrected chi connectivity index (χ0v) is 31.7. The van der Waals surface area contributed by atoms with Gasteiger partial charge in [-0.25, -0.2) is 0 Å². The van der Waals surface area contributed by atoms with Crippen molar-refractivity contribution in [1.29, 1.82) is 0 Å². The van der Waals surface area contributed by atoms with Crippen LogP contribution in [0, 0.1) is 0 Å². The van der Waals surface area contributed by atoms with Gasteiger partial charge < -0.3 is 14.4 Å². The number of para-hydroxylation sites is 1. The minimum atomic E-state index is -0.461. The van der Waals surface area contributed by atoms with Crippen LogP contribution in [0.5, 0.6) is 23.0 Å². The first-order valence-corrected chi connectivity index (χ1v) is 20.2. The van der Waals surface area contributed by atoms with Crippen LogP contribution >= 0.6 is 0 Å². The SMILES string of the molecule is C1=CC(c2ccccc2-c2cccc(N(c3ccccc3)c3ccc4c(c3)Oc3c(ccc5c3-c3ccccc3C53c5ccccc5-c5ccccc53)O4)c2)=CCC1. The summed E-state index contributed by atoms with van der Waals surface area (Å²) < 4.78 is 13.9. The van der Waals surface area contributed by atoms with E-state index in [1.807, 2.05) is 6.07 Å². The summed E-state index contributed by atoms with van der Waals surface area (Å²) >= 11 is 0. The maximum atomic E-state index is 7.13. The molecule has 4 aliphatic rings. The standard InChI is InChI=1S/C55H37NO2/c1-3-16-36(17-4-1)41-22-7-8-23-42(41)37-18-15-21-39(34-37)56(38-19-5-2-6-20-38)40-30-32-50-52(35-40)58-54-51(57-50)33-31-49-53(54)45-26-11-14-29-48(45)55(49)46-27-12-9-24-43(46)44-25-10-13-28-47(44)55/h2-3,5-35H,1,4H2. The van der Waals surface area contributed by atoms with Crippen LogP contribution in [0.25, 0.3) is 39.0 Å². The van der Waals surface area contributed by atoms with E-state index in [4.69, 9.17) is 9.47 Å². The highest BCUT2D eigenvalue weighted by Crippen LogP contribution is 2.66. The molecule has 58 heavy (non-hydrogen) atoms. The van der Waals surface area contributed by atoms with Crippen molar-refractivity contribution in [3.63, 3.8) is 0 Å². The van der Waals surface area contributed by atoms with Crippen LogP contribution in [-0.2, 0) is 5.41 Å². The van der Waals surface area contributed by atoms with Gasteiger partial charge in [-0.2, -0.15) is 0 Å². The summed E-state index contributed by atoms with van der Waals surface area (Å²) in [6, 6.07) is 65.4. The monoisotopic (exact) mass is 743 g/mol. The molecule has 1 aliphatic heterocycles. The highest BCUT2D eigenvalue weighted by atomic mass is 16.6. The van der Waals surface area contributed by atoms with Crippen molar-refractivity contribution >= 4 is 22.6 Å². The van der Waals surface area contributed by atoms with Gasteiger partial charge in [0.15, 0.2) is 23.0 Å². The van der Waals surface area contributed by atoms with Crippen molar-refractivity contribution in [3.8, 4) is 56.4 Å². The molecule has 0 saturated carbocycles. The molecule has 0 saturated heterocycles. The van der Waals surface area contributed by atoms with E-state index in [-0.39, 0.29) is 0 Å². The Labute approximate surface area is 338 Å². The fraction of sp³-hybridized carbons (Fsp3) is 0.0545. The Morgan fingerprint density at radius 1 is 0.414 bits per heavy atom. The molecule has 1 spiro atoms. The van der Waals surface area contributed by atoms with Gasteiger partial charge in [-0.15, -0.1) is 0 Å². The molecule has 0 fully saturated rings. The molecule has 3 heteroatoms. The van der Waals surface area contributed by atoms with Crippen LogP contribution in [0.2, 0.25) is 0 Å². The molecule has 8 aromatic rings. The first kappa shape index (κ1) is 32.8. The van der Waals surface area contributed by atoms with Gasteiger partial charge in [0.2, 0.25) is 0 Å². The largest absolute Gasteiger partial charge is 0.449 e.